The maximum Gasteiger partial charge on any atom is 0.234 e. The van der Waals surface area contributed by atoms with Gasteiger partial charge in [0.25, 0.3) is 0 Å². The molecule has 0 unspecified atom stereocenters. The third kappa shape index (κ3) is 5.23. The number of rotatable bonds is 8. The van der Waals surface area contributed by atoms with Gasteiger partial charge in [0.2, 0.25) is 5.91 Å². The molecule has 164 valence electrons. The Kier molecular flexibility index (Phi) is 6.96. The Morgan fingerprint density at radius 1 is 1.09 bits per heavy atom. The maximum atomic E-state index is 12.5. The summed E-state index contributed by atoms with van der Waals surface area (Å²) in [6.45, 7) is 0. The van der Waals surface area contributed by atoms with Crippen molar-refractivity contribution < 1.29 is 9.53 Å². The van der Waals surface area contributed by atoms with Gasteiger partial charge >= 0.3 is 0 Å². The number of benzene rings is 2. The Morgan fingerprint density at radius 3 is 2.50 bits per heavy atom. The fourth-order valence-electron chi connectivity index (χ4n) is 3.20. The van der Waals surface area contributed by atoms with Gasteiger partial charge in [0.1, 0.15) is 11.6 Å². The van der Waals surface area contributed by atoms with Gasteiger partial charge in [-0.15, -0.1) is 10.2 Å². The molecule has 1 amide bonds. The topological polar surface area (TPSA) is 74.0 Å². The first-order chi connectivity index (χ1) is 15.5. The average Bonchev–Trinajstić information content (AvgIpc) is 3.40. The average molecular weight is 512 g/mol. The van der Waals surface area contributed by atoms with Crippen molar-refractivity contribution in [1.82, 2.24) is 19.3 Å². The molecule has 0 radical (unpaired) electrons. The van der Waals surface area contributed by atoms with Gasteiger partial charge in [-0.05, 0) is 60.7 Å². The van der Waals surface area contributed by atoms with Crippen molar-refractivity contribution in [1.29, 1.82) is 0 Å². The Balaban J connectivity index is 1.55. The lowest BCUT2D eigenvalue weighted by atomic mass is 10.2. The van der Waals surface area contributed by atoms with Crippen molar-refractivity contribution in [2.75, 3.05) is 18.2 Å². The minimum atomic E-state index is -0.106. The monoisotopic (exact) mass is 511 g/mol. The van der Waals surface area contributed by atoms with E-state index >= 15 is 0 Å². The second-order valence-electron chi connectivity index (χ2n) is 7.06. The number of aromatic nitrogens is 4. The Labute approximate surface area is 198 Å². The summed E-state index contributed by atoms with van der Waals surface area (Å²) in [6, 6.07) is 19.3. The molecule has 0 bridgehead atoms. The molecule has 0 aliphatic carbocycles. The number of amides is 1. The molecule has 2 heterocycles. The lowest BCUT2D eigenvalue weighted by molar-refractivity contribution is -0.113. The third-order valence-corrected chi connectivity index (χ3v) is 6.34. The molecule has 4 aromatic rings. The number of nitrogens with one attached hydrogen (secondary N) is 1. The number of nitrogens with zero attached hydrogens (tertiary/aromatic N) is 4. The van der Waals surface area contributed by atoms with Crippen LogP contribution in [0.5, 0.6) is 5.75 Å². The van der Waals surface area contributed by atoms with E-state index in [-0.39, 0.29) is 11.7 Å². The SMILES string of the molecule is COc1ccc(-n2c(Cc3cccn3C)nnc2SCC(=O)Nc2ccc(Br)cc2)cc1. The van der Waals surface area contributed by atoms with Crippen LogP contribution in [0.15, 0.2) is 76.5 Å². The zero-order valence-electron chi connectivity index (χ0n) is 17.7. The van der Waals surface area contributed by atoms with Crippen LogP contribution in [0.25, 0.3) is 5.69 Å². The summed E-state index contributed by atoms with van der Waals surface area (Å²) >= 11 is 4.75. The molecular weight excluding hydrogens is 490 g/mol. The summed E-state index contributed by atoms with van der Waals surface area (Å²) < 4.78 is 10.3. The molecule has 9 heteroatoms. The van der Waals surface area contributed by atoms with Gasteiger partial charge < -0.3 is 14.6 Å². The number of hydrogen-bond donors (Lipinski definition) is 1. The van der Waals surface area contributed by atoms with Crippen LogP contribution in [-0.4, -0.2) is 38.1 Å². The summed E-state index contributed by atoms with van der Waals surface area (Å²) in [5, 5.41) is 12.4. The van der Waals surface area contributed by atoms with E-state index in [4.69, 9.17) is 4.74 Å². The zero-order chi connectivity index (χ0) is 22.5. The maximum absolute atomic E-state index is 12.5. The first-order valence-corrected chi connectivity index (χ1v) is 11.7. The van der Waals surface area contributed by atoms with Gasteiger partial charge in [0.15, 0.2) is 5.16 Å². The van der Waals surface area contributed by atoms with Crippen molar-refractivity contribution >= 4 is 39.3 Å². The molecule has 0 spiro atoms. The number of halogens is 1. The highest BCUT2D eigenvalue weighted by Crippen LogP contribution is 2.25. The van der Waals surface area contributed by atoms with E-state index in [0.717, 1.165) is 33.1 Å². The molecule has 2 aromatic carbocycles. The van der Waals surface area contributed by atoms with Crippen molar-refractivity contribution in [2.45, 2.75) is 11.6 Å². The normalized spacial score (nSPS) is 10.8. The smallest absolute Gasteiger partial charge is 0.234 e. The minimum absolute atomic E-state index is 0.106. The second kappa shape index (κ2) is 10.1. The van der Waals surface area contributed by atoms with Crippen molar-refractivity contribution in [2.24, 2.45) is 7.05 Å². The molecule has 1 N–H and O–H groups in total. The molecule has 32 heavy (non-hydrogen) atoms. The van der Waals surface area contributed by atoms with Crippen LogP contribution in [0.3, 0.4) is 0 Å². The van der Waals surface area contributed by atoms with Gasteiger partial charge in [-0.2, -0.15) is 0 Å². The van der Waals surface area contributed by atoms with Crippen molar-refractivity contribution in [3.05, 3.63) is 82.9 Å². The molecule has 0 saturated heterocycles. The van der Waals surface area contributed by atoms with Gasteiger partial charge in [-0.25, -0.2) is 0 Å². The summed E-state index contributed by atoms with van der Waals surface area (Å²) in [5.74, 6) is 1.68. The van der Waals surface area contributed by atoms with E-state index in [1.807, 2.05) is 72.4 Å². The van der Waals surface area contributed by atoms with Crippen LogP contribution in [0.2, 0.25) is 0 Å². The lowest BCUT2D eigenvalue weighted by Crippen LogP contribution is -2.14. The second-order valence-corrected chi connectivity index (χ2v) is 8.92. The zero-order valence-corrected chi connectivity index (χ0v) is 20.1. The van der Waals surface area contributed by atoms with Gasteiger partial charge in [0, 0.05) is 41.2 Å². The highest BCUT2D eigenvalue weighted by molar-refractivity contribution is 9.10. The predicted octanol–water partition coefficient (Wildman–Crippen LogP) is 4.70. The summed E-state index contributed by atoms with van der Waals surface area (Å²) in [7, 11) is 3.64. The first kappa shape index (κ1) is 22.2. The molecule has 7 nitrogen and oxygen atoms in total. The van der Waals surface area contributed by atoms with Crippen LogP contribution < -0.4 is 10.1 Å². The van der Waals surface area contributed by atoms with E-state index in [9.17, 15) is 4.79 Å². The van der Waals surface area contributed by atoms with E-state index in [1.165, 1.54) is 11.8 Å². The Morgan fingerprint density at radius 2 is 1.84 bits per heavy atom. The number of anilines is 1. The largest absolute Gasteiger partial charge is 0.497 e. The van der Waals surface area contributed by atoms with Crippen LogP contribution in [0.1, 0.15) is 11.5 Å². The summed E-state index contributed by atoms with van der Waals surface area (Å²) in [5.41, 5.74) is 2.78. The molecule has 0 fully saturated rings. The highest BCUT2D eigenvalue weighted by atomic mass is 79.9. The molecule has 0 aliphatic heterocycles. The molecule has 0 saturated carbocycles. The van der Waals surface area contributed by atoms with Crippen LogP contribution in [-0.2, 0) is 18.3 Å². The highest BCUT2D eigenvalue weighted by Gasteiger charge is 2.17. The fraction of sp³-hybridized carbons (Fsp3) is 0.174. The number of carbonyl (C=O) groups is 1. The van der Waals surface area contributed by atoms with Gasteiger partial charge in [-0.3, -0.25) is 9.36 Å². The van der Waals surface area contributed by atoms with E-state index in [2.05, 4.69) is 42.1 Å². The fourth-order valence-corrected chi connectivity index (χ4v) is 4.24. The number of carbonyl (C=O) groups excluding carboxylic acids is 1. The molecule has 4 rings (SSSR count). The number of thioether (sulfide) groups is 1. The number of hydrogen-bond acceptors (Lipinski definition) is 5. The molecule has 0 atom stereocenters. The summed E-state index contributed by atoms with van der Waals surface area (Å²) in [4.78, 5) is 12.5. The quantitative estimate of drug-likeness (QED) is 0.347. The van der Waals surface area contributed by atoms with Crippen LogP contribution in [0, 0.1) is 0 Å². The van der Waals surface area contributed by atoms with Gasteiger partial charge in [0.05, 0.1) is 12.9 Å². The number of methoxy groups -OCH3 is 1. The van der Waals surface area contributed by atoms with Gasteiger partial charge in [-0.1, -0.05) is 27.7 Å². The Bertz CT molecular complexity index is 1200. The van der Waals surface area contributed by atoms with Crippen LogP contribution >= 0.6 is 27.7 Å². The number of ether oxygens (including phenoxy) is 1. The van der Waals surface area contributed by atoms with E-state index < -0.39 is 0 Å². The molecular formula is C23H22BrN5O2S. The summed E-state index contributed by atoms with van der Waals surface area (Å²) in [6.07, 6.45) is 2.62. The lowest BCUT2D eigenvalue weighted by Gasteiger charge is -2.11. The predicted molar refractivity (Wildman–Crippen MR) is 130 cm³/mol. The standard InChI is InChI=1S/C23H22BrN5O2S/c1-28-13-3-4-19(28)14-21-26-27-23(29(21)18-9-11-20(31-2)12-10-18)32-15-22(30)25-17-7-5-16(24)6-8-17/h3-13H,14-15H2,1-2H3,(H,25,30). The molecule has 2 aromatic heterocycles. The van der Waals surface area contributed by atoms with Crippen LogP contribution in [0.4, 0.5) is 5.69 Å². The first-order valence-electron chi connectivity index (χ1n) is 9.90. The van der Waals surface area contributed by atoms with Crippen molar-refractivity contribution in [3.8, 4) is 11.4 Å². The minimum Gasteiger partial charge on any atom is -0.497 e. The van der Waals surface area contributed by atoms with Crippen molar-refractivity contribution in [3.63, 3.8) is 0 Å². The third-order valence-electron chi connectivity index (χ3n) is 4.88. The van der Waals surface area contributed by atoms with E-state index in [0.29, 0.717) is 11.6 Å². The van der Waals surface area contributed by atoms with E-state index in [1.54, 1.807) is 7.11 Å². The molecule has 0 aliphatic rings. The number of aryl methyl sites for hydroxylation is 1. The Hall–Kier alpha value is -3.04.